The molecule has 0 radical (unpaired) electrons. The lowest BCUT2D eigenvalue weighted by atomic mass is 10.0. The highest BCUT2D eigenvalue weighted by atomic mass is 16.5. The second-order valence-electron chi connectivity index (χ2n) is 3.63. The maximum Gasteiger partial charge on any atom is 0.339 e. The molecule has 4 heteroatoms. The second-order valence-corrected chi connectivity index (χ2v) is 3.63. The van der Waals surface area contributed by atoms with Gasteiger partial charge in [0, 0.05) is 22.8 Å². The third kappa shape index (κ3) is 1.52. The predicted molar refractivity (Wildman–Crippen MR) is 63.4 cm³/mol. The standard InChI is InChI=1S/C12H14N2O2/c1-3-16-12(15)11-7(2)9(13)6-10-8(11)4-5-14-10/h4-6,14H,3,13H2,1-2H3. The Morgan fingerprint density at radius 2 is 2.31 bits per heavy atom. The highest BCUT2D eigenvalue weighted by molar-refractivity contribution is 6.07. The summed E-state index contributed by atoms with van der Waals surface area (Å²) in [5.41, 5.74) is 8.62. The molecule has 84 valence electrons. The number of ether oxygens (including phenoxy) is 1. The van der Waals surface area contributed by atoms with Crippen molar-refractivity contribution in [3.8, 4) is 0 Å². The molecular formula is C12H14N2O2. The molecule has 16 heavy (non-hydrogen) atoms. The van der Waals surface area contributed by atoms with E-state index in [2.05, 4.69) is 4.98 Å². The van der Waals surface area contributed by atoms with E-state index in [-0.39, 0.29) is 5.97 Å². The van der Waals surface area contributed by atoms with Crippen LogP contribution in [0.3, 0.4) is 0 Å². The fraction of sp³-hybridized carbons (Fsp3) is 0.250. The zero-order chi connectivity index (χ0) is 11.7. The van der Waals surface area contributed by atoms with Crippen molar-refractivity contribution in [1.82, 2.24) is 4.98 Å². The number of aromatic nitrogens is 1. The summed E-state index contributed by atoms with van der Waals surface area (Å²) < 4.78 is 5.03. The van der Waals surface area contributed by atoms with Crippen LogP contribution in [0.2, 0.25) is 0 Å². The van der Waals surface area contributed by atoms with Crippen molar-refractivity contribution in [3.05, 3.63) is 29.5 Å². The molecule has 3 N–H and O–H groups in total. The van der Waals surface area contributed by atoms with Gasteiger partial charge in [-0.2, -0.15) is 0 Å². The van der Waals surface area contributed by atoms with Gasteiger partial charge in [0.1, 0.15) is 0 Å². The third-order valence-corrected chi connectivity index (χ3v) is 2.64. The fourth-order valence-electron chi connectivity index (χ4n) is 1.80. The molecule has 0 aliphatic rings. The molecule has 0 spiro atoms. The highest BCUT2D eigenvalue weighted by Gasteiger charge is 2.17. The van der Waals surface area contributed by atoms with Crippen LogP contribution in [0.15, 0.2) is 18.3 Å². The van der Waals surface area contributed by atoms with Gasteiger partial charge in [0.2, 0.25) is 0 Å². The van der Waals surface area contributed by atoms with Gasteiger partial charge < -0.3 is 15.5 Å². The van der Waals surface area contributed by atoms with Crippen LogP contribution in [0.1, 0.15) is 22.8 Å². The van der Waals surface area contributed by atoms with Gasteiger partial charge in [-0.3, -0.25) is 0 Å². The Bertz CT molecular complexity index is 543. The molecule has 0 aliphatic heterocycles. The first kappa shape index (κ1) is 10.5. The number of benzene rings is 1. The number of fused-ring (bicyclic) bond motifs is 1. The Hall–Kier alpha value is -1.97. The minimum atomic E-state index is -0.322. The maximum atomic E-state index is 11.8. The van der Waals surface area contributed by atoms with E-state index in [0.29, 0.717) is 17.9 Å². The van der Waals surface area contributed by atoms with Gasteiger partial charge >= 0.3 is 5.97 Å². The number of anilines is 1. The molecule has 2 rings (SSSR count). The SMILES string of the molecule is CCOC(=O)c1c(C)c(N)cc2[nH]ccc12. The zero-order valence-corrected chi connectivity index (χ0v) is 9.33. The van der Waals surface area contributed by atoms with Crippen molar-refractivity contribution in [2.75, 3.05) is 12.3 Å². The smallest absolute Gasteiger partial charge is 0.339 e. The number of carbonyl (C=O) groups excluding carboxylic acids is 1. The molecule has 1 heterocycles. The van der Waals surface area contributed by atoms with Crippen molar-refractivity contribution in [1.29, 1.82) is 0 Å². The van der Waals surface area contributed by atoms with Gasteiger partial charge in [0.25, 0.3) is 0 Å². The minimum absolute atomic E-state index is 0.322. The molecule has 2 aromatic rings. The number of aromatic amines is 1. The molecule has 0 aliphatic carbocycles. The molecule has 1 aromatic heterocycles. The lowest BCUT2D eigenvalue weighted by Gasteiger charge is -2.09. The Morgan fingerprint density at radius 3 is 3.00 bits per heavy atom. The van der Waals surface area contributed by atoms with Gasteiger partial charge in [-0.1, -0.05) is 0 Å². The molecule has 4 nitrogen and oxygen atoms in total. The number of esters is 1. The quantitative estimate of drug-likeness (QED) is 0.600. The topological polar surface area (TPSA) is 68.1 Å². The zero-order valence-electron chi connectivity index (χ0n) is 9.33. The summed E-state index contributed by atoms with van der Waals surface area (Å²) >= 11 is 0. The van der Waals surface area contributed by atoms with E-state index >= 15 is 0 Å². The summed E-state index contributed by atoms with van der Waals surface area (Å²) in [6.45, 7) is 3.97. The molecule has 0 atom stereocenters. The van der Waals surface area contributed by atoms with Crippen molar-refractivity contribution in [2.24, 2.45) is 0 Å². The van der Waals surface area contributed by atoms with Crippen LogP contribution in [-0.4, -0.2) is 17.6 Å². The van der Waals surface area contributed by atoms with Crippen molar-refractivity contribution < 1.29 is 9.53 Å². The lowest BCUT2D eigenvalue weighted by Crippen LogP contribution is -2.08. The molecule has 0 unspecified atom stereocenters. The number of hydrogen-bond acceptors (Lipinski definition) is 3. The van der Waals surface area contributed by atoms with Crippen LogP contribution in [0.5, 0.6) is 0 Å². The summed E-state index contributed by atoms with van der Waals surface area (Å²) in [6, 6.07) is 3.68. The fourth-order valence-corrected chi connectivity index (χ4v) is 1.80. The van der Waals surface area contributed by atoms with E-state index in [1.165, 1.54) is 0 Å². The Morgan fingerprint density at radius 1 is 1.56 bits per heavy atom. The van der Waals surface area contributed by atoms with Crippen molar-refractivity contribution in [2.45, 2.75) is 13.8 Å². The minimum Gasteiger partial charge on any atom is -0.462 e. The number of hydrogen-bond donors (Lipinski definition) is 2. The number of nitrogen functional groups attached to an aromatic ring is 1. The Balaban J connectivity index is 2.69. The summed E-state index contributed by atoms with van der Waals surface area (Å²) in [4.78, 5) is 14.9. The average Bonchev–Trinajstić information content (AvgIpc) is 2.67. The number of carbonyl (C=O) groups is 1. The number of rotatable bonds is 2. The number of H-pyrrole nitrogens is 1. The first-order valence-corrected chi connectivity index (χ1v) is 5.18. The van der Waals surface area contributed by atoms with E-state index in [4.69, 9.17) is 10.5 Å². The van der Waals surface area contributed by atoms with Crippen LogP contribution < -0.4 is 5.73 Å². The molecule has 0 saturated carbocycles. The van der Waals surface area contributed by atoms with Crippen LogP contribution in [0.4, 0.5) is 5.69 Å². The molecule has 0 saturated heterocycles. The summed E-state index contributed by atoms with van der Waals surface area (Å²) in [5, 5.41) is 0.852. The van der Waals surface area contributed by atoms with Crippen LogP contribution in [-0.2, 0) is 4.74 Å². The monoisotopic (exact) mass is 218 g/mol. The first-order valence-electron chi connectivity index (χ1n) is 5.18. The predicted octanol–water partition coefficient (Wildman–Crippen LogP) is 2.24. The van der Waals surface area contributed by atoms with Crippen LogP contribution in [0, 0.1) is 6.92 Å². The van der Waals surface area contributed by atoms with Gasteiger partial charge in [0.05, 0.1) is 12.2 Å². The largest absolute Gasteiger partial charge is 0.462 e. The molecule has 0 bridgehead atoms. The van der Waals surface area contributed by atoms with Crippen molar-refractivity contribution in [3.63, 3.8) is 0 Å². The van der Waals surface area contributed by atoms with Gasteiger partial charge in [-0.15, -0.1) is 0 Å². The number of nitrogens with two attached hydrogens (primary N) is 1. The van der Waals surface area contributed by atoms with Gasteiger partial charge in [-0.05, 0) is 31.5 Å². The average molecular weight is 218 g/mol. The maximum absolute atomic E-state index is 11.8. The highest BCUT2D eigenvalue weighted by Crippen LogP contribution is 2.27. The number of nitrogens with one attached hydrogen (secondary N) is 1. The second kappa shape index (κ2) is 3.89. The van der Waals surface area contributed by atoms with Crippen LogP contribution in [0.25, 0.3) is 10.9 Å². The van der Waals surface area contributed by atoms with E-state index in [0.717, 1.165) is 16.5 Å². The molecule has 0 fully saturated rings. The summed E-state index contributed by atoms with van der Waals surface area (Å²) in [5.74, 6) is -0.322. The Kier molecular flexibility index (Phi) is 2.56. The summed E-state index contributed by atoms with van der Waals surface area (Å²) in [7, 11) is 0. The normalized spacial score (nSPS) is 10.6. The molecular weight excluding hydrogens is 204 g/mol. The molecule has 1 aromatic carbocycles. The molecule has 0 amide bonds. The van der Waals surface area contributed by atoms with E-state index < -0.39 is 0 Å². The van der Waals surface area contributed by atoms with Gasteiger partial charge in [0.15, 0.2) is 0 Å². The Labute approximate surface area is 93.4 Å². The van der Waals surface area contributed by atoms with E-state index in [1.807, 2.05) is 19.1 Å². The van der Waals surface area contributed by atoms with E-state index in [9.17, 15) is 4.79 Å². The van der Waals surface area contributed by atoms with Gasteiger partial charge in [-0.25, -0.2) is 4.79 Å². The van der Waals surface area contributed by atoms with Crippen LogP contribution >= 0.6 is 0 Å². The first-order chi connectivity index (χ1) is 7.65. The van der Waals surface area contributed by atoms with E-state index in [1.54, 1.807) is 13.1 Å². The lowest BCUT2D eigenvalue weighted by molar-refractivity contribution is 0.0528. The third-order valence-electron chi connectivity index (χ3n) is 2.64. The van der Waals surface area contributed by atoms with Crippen molar-refractivity contribution >= 4 is 22.6 Å². The summed E-state index contributed by atoms with van der Waals surface area (Å²) in [6.07, 6.45) is 1.78.